The molecular formula is C12H11F3N6O3S. The second-order valence-corrected chi connectivity index (χ2v) is 5.84. The number of carbonyl (C=O) groups excluding carboxylic acids is 2. The van der Waals surface area contributed by atoms with E-state index in [0.717, 1.165) is 23.9 Å². The Morgan fingerprint density at radius 3 is 2.52 bits per heavy atom. The summed E-state index contributed by atoms with van der Waals surface area (Å²) in [4.78, 5) is 22.4. The molecule has 2 aromatic rings. The quantitative estimate of drug-likeness (QED) is 0.752. The summed E-state index contributed by atoms with van der Waals surface area (Å²) in [5.41, 5.74) is 5.22. The maximum absolute atomic E-state index is 12.2. The number of imide groups is 1. The minimum absolute atomic E-state index is 0.191. The highest BCUT2D eigenvalue weighted by Gasteiger charge is 2.31. The third-order valence-electron chi connectivity index (χ3n) is 2.65. The van der Waals surface area contributed by atoms with Crippen LogP contribution in [0.3, 0.4) is 0 Å². The molecule has 1 aromatic carbocycles. The van der Waals surface area contributed by atoms with Crippen LogP contribution >= 0.6 is 11.8 Å². The van der Waals surface area contributed by atoms with E-state index in [4.69, 9.17) is 5.73 Å². The minimum Gasteiger partial charge on any atom is -0.406 e. The summed E-state index contributed by atoms with van der Waals surface area (Å²) in [6, 6.07) is 3.84. The molecular weight excluding hydrogens is 365 g/mol. The molecule has 0 saturated carbocycles. The second kappa shape index (κ2) is 7.38. The van der Waals surface area contributed by atoms with Crippen molar-refractivity contribution in [3.05, 3.63) is 24.3 Å². The number of benzene rings is 1. The molecule has 0 radical (unpaired) electrons. The van der Waals surface area contributed by atoms with Crippen molar-refractivity contribution in [1.82, 2.24) is 25.5 Å². The van der Waals surface area contributed by atoms with Crippen LogP contribution in [-0.2, 0) is 4.79 Å². The summed E-state index contributed by atoms with van der Waals surface area (Å²) in [7, 11) is 0. The van der Waals surface area contributed by atoms with Crippen LogP contribution in [0.2, 0.25) is 0 Å². The Labute approximate surface area is 142 Å². The number of nitrogens with one attached hydrogen (secondary N) is 1. The molecule has 0 spiro atoms. The molecule has 3 amide bonds. The summed E-state index contributed by atoms with van der Waals surface area (Å²) in [5, 5.41) is 12.3. The van der Waals surface area contributed by atoms with Gasteiger partial charge >= 0.3 is 12.4 Å². The summed E-state index contributed by atoms with van der Waals surface area (Å²) < 4.78 is 41.5. The Morgan fingerprint density at radius 2 is 1.96 bits per heavy atom. The number of hydrogen-bond acceptors (Lipinski definition) is 7. The number of rotatable bonds is 5. The number of amides is 3. The lowest BCUT2D eigenvalue weighted by Crippen LogP contribution is -2.39. The molecule has 0 saturated heterocycles. The van der Waals surface area contributed by atoms with Crippen LogP contribution in [0.5, 0.6) is 5.75 Å². The lowest BCUT2D eigenvalue weighted by Gasteiger charge is -2.11. The lowest BCUT2D eigenvalue weighted by molar-refractivity contribution is -0.274. The highest BCUT2D eigenvalue weighted by molar-refractivity contribution is 8.00. The zero-order valence-corrected chi connectivity index (χ0v) is 13.3. The van der Waals surface area contributed by atoms with Gasteiger partial charge in [-0.3, -0.25) is 10.1 Å². The molecule has 3 N–H and O–H groups in total. The van der Waals surface area contributed by atoms with E-state index in [-0.39, 0.29) is 5.16 Å². The average molecular weight is 376 g/mol. The number of aromatic nitrogens is 4. The van der Waals surface area contributed by atoms with Crippen LogP contribution < -0.4 is 15.8 Å². The van der Waals surface area contributed by atoms with Crippen LogP contribution in [-0.4, -0.2) is 43.8 Å². The van der Waals surface area contributed by atoms with Crippen molar-refractivity contribution in [2.75, 3.05) is 0 Å². The monoisotopic (exact) mass is 376 g/mol. The smallest absolute Gasteiger partial charge is 0.406 e. The fraction of sp³-hybridized carbons (Fsp3) is 0.250. The SMILES string of the molecule is C[C@H](Sc1nnnn1-c1ccc(OC(F)(F)F)cc1)C(=O)NC(N)=O. The van der Waals surface area contributed by atoms with E-state index in [1.807, 2.05) is 5.32 Å². The Hall–Kier alpha value is -2.83. The van der Waals surface area contributed by atoms with Crippen LogP contribution in [0.15, 0.2) is 29.4 Å². The van der Waals surface area contributed by atoms with Gasteiger partial charge in [0.15, 0.2) is 0 Å². The molecule has 0 unspecified atom stereocenters. The van der Waals surface area contributed by atoms with Gasteiger partial charge in [0.25, 0.3) is 0 Å². The van der Waals surface area contributed by atoms with Crippen molar-refractivity contribution in [1.29, 1.82) is 0 Å². The molecule has 1 atom stereocenters. The number of tetrazole rings is 1. The minimum atomic E-state index is -4.79. The fourth-order valence-corrected chi connectivity index (χ4v) is 2.45. The van der Waals surface area contributed by atoms with E-state index >= 15 is 0 Å². The van der Waals surface area contributed by atoms with E-state index in [1.54, 1.807) is 0 Å². The van der Waals surface area contributed by atoms with Gasteiger partial charge in [0.2, 0.25) is 11.1 Å². The molecule has 134 valence electrons. The zero-order valence-electron chi connectivity index (χ0n) is 12.5. The second-order valence-electron chi connectivity index (χ2n) is 4.53. The molecule has 9 nitrogen and oxygen atoms in total. The molecule has 2 rings (SSSR count). The van der Waals surface area contributed by atoms with Gasteiger partial charge in [-0.25, -0.2) is 4.79 Å². The first kappa shape index (κ1) is 18.5. The predicted octanol–water partition coefficient (Wildman–Crippen LogP) is 1.24. The number of thioether (sulfide) groups is 1. The first-order valence-electron chi connectivity index (χ1n) is 6.57. The van der Waals surface area contributed by atoms with E-state index in [0.29, 0.717) is 5.69 Å². The maximum atomic E-state index is 12.2. The van der Waals surface area contributed by atoms with Gasteiger partial charge < -0.3 is 10.5 Å². The number of carbonyl (C=O) groups is 2. The molecule has 0 aliphatic rings. The van der Waals surface area contributed by atoms with Gasteiger partial charge in [0.05, 0.1) is 10.9 Å². The number of nitrogens with two attached hydrogens (primary N) is 1. The van der Waals surface area contributed by atoms with Gasteiger partial charge in [0, 0.05) is 0 Å². The number of urea groups is 1. The highest BCUT2D eigenvalue weighted by atomic mass is 32.2. The first-order valence-corrected chi connectivity index (χ1v) is 7.45. The average Bonchev–Trinajstić information content (AvgIpc) is 2.93. The van der Waals surface area contributed by atoms with Gasteiger partial charge in [-0.15, -0.1) is 18.3 Å². The third kappa shape index (κ3) is 5.34. The maximum Gasteiger partial charge on any atom is 0.573 e. The van der Waals surface area contributed by atoms with Gasteiger partial charge in [-0.05, 0) is 41.6 Å². The standard InChI is InChI=1S/C12H11F3N6O3S/c1-6(9(22)17-10(16)23)25-11-18-19-20-21(11)7-2-4-8(5-3-7)24-12(13,14)15/h2-6H,1H3,(H3,16,17,22,23)/t6-/m0/s1. The van der Waals surface area contributed by atoms with E-state index in [1.165, 1.54) is 23.7 Å². The Morgan fingerprint density at radius 1 is 1.32 bits per heavy atom. The first-order chi connectivity index (χ1) is 11.7. The molecule has 1 heterocycles. The largest absolute Gasteiger partial charge is 0.573 e. The van der Waals surface area contributed by atoms with Gasteiger partial charge in [-0.2, -0.15) is 4.68 Å². The fourth-order valence-electron chi connectivity index (χ4n) is 1.64. The number of ether oxygens (including phenoxy) is 1. The van der Waals surface area contributed by atoms with Crippen LogP contribution in [0.1, 0.15) is 6.92 Å². The Bertz CT molecular complexity index is 764. The number of nitrogens with zero attached hydrogens (tertiary/aromatic N) is 4. The molecule has 0 bridgehead atoms. The number of hydrogen-bond donors (Lipinski definition) is 2. The third-order valence-corrected chi connectivity index (χ3v) is 3.69. The summed E-state index contributed by atoms with van der Waals surface area (Å²) in [5.74, 6) is -1.03. The normalized spacial score (nSPS) is 12.5. The Balaban J connectivity index is 2.13. The van der Waals surface area contributed by atoms with Crippen LogP contribution in [0, 0.1) is 0 Å². The molecule has 13 heteroatoms. The van der Waals surface area contributed by atoms with E-state index < -0.39 is 29.3 Å². The van der Waals surface area contributed by atoms with Crippen molar-refractivity contribution in [3.63, 3.8) is 0 Å². The molecule has 25 heavy (non-hydrogen) atoms. The summed E-state index contributed by atoms with van der Waals surface area (Å²) >= 11 is 0.932. The lowest BCUT2D eigenvalue weighted by atomic mass is 10.3. The zero-order chi connectivity index (χ0) is 18.6. The Kier molecular flexibility index (Phi) is 5.46. The molecule has 0 fully saturated rings. The van der Waals surface area contributed by atoms with Crippen molar-refractivity contribution in [2.45, 2.75) is 23.7 Å². The topological polar surface area (TPSA) is 125 Å². The van der Waals surface area contributed by atoms with Crippen molar-refractivity contribution in [3.8, 4) is 11.4 Å². The van der Waals surface area contributed by atoms with Crippen molar-refractivity contribution in [2.24, 2.45) is 5.73 Å². The van der Waals surface area contributed by atoms with Crippen molar-refractivity contribution < 1.29 is 27.5 Å². The molecule has 0 aliphatic heterocycles. The van der Waals surface area contributed by atoms with Gasteiger partial charge in [-0.1, -0.05) is 11.8 Å². The van der Waals surface area contributed by atoms with Crippen LogP contribution in [0.4, 0.5) is 18.0 Å². The number of primary amides is 1. The summed E-state index contributed by atoms with van der Waals surface area (Å²) in [6.45, 7) is 1.50. The van der Waals surface area contributed by atoms with Crippen molar-refractivity contribution >= 4 is 23.7 Å². The number of alkyl halides is 3. The summed E-state index contributed by atoms with van der Waals surface area (Å²) in [6.07, 6.45) is -4.79. The predicted molar refractivity (Wildman–Crippen MR) is 78.9 cm³/mol. The molecule has 0 aliphatic carbocycles. The molecule has 1 aromatic heterocycles. The highest BCUT2D eigenvalue weighted by Crippen LogP contribution is 2.26. The number of halogens is 3. The van der Waals surface area contributed by atoms with E-state index in [9.17, 15) is 22.8 Å². The van der Waals surface area contributed by atoms with E-state index in [2.05, 4.69) is 20.3 Å². The van der Waals surface area contributed by atoms with Gasteiger partial charge in [0.1, 0.15) is 5.75 Å². The van der Waals surface area contributed by atoms with Crippen LogP contribution in [0.25, 0.3) is 5.69 Å².